The van der Waals surface area contributed by atoms with Crippen LogP contribution in [0, 0.1) is 6.58 Å². The average molecular weight is 119 g/mol. The fraction of sp³-hybridized carbons (Fsp3) is 0.500. The molecule has 0 N–H and O–H groups in total. The highest BCUT2D eigenvalue weighted by atomic mass is 32.2. The van der Waals surface area contributed by atoms with Gasteiger partial charge in [-0.3, -0.25) is 0 Å². The first-order valence-corrected chi connectivity index (χ1v) is 3.96. The number of hydrogen-bond acceptors (Lipinski definition) is 2. The fourth-order valence-corrected chi connectivity index (χ4v) is 0.750. The lowest BCUT2D eigenvalue weighted by Crippen LogP contribution is -1.54. The van der Waals surface area contributed by atoms with Gasteiger partial charge in [-0.25, -0.2) is 0 Å². The Morgan fingerprint density at radius 2 is 1.67 bits per heavy atom. The van der Waals surface area contributed by atoms with E-state index in [1.165, 1.54) is 0 Å². The Kier molecular flexibility index (Phi) is 3.89. The molecular weight excluding hydrogens is 112 g/mol. The quantitative estimate of drug-likeness (QED) is 0.545. The van der Waals surface area contributed by atoms with Gasteiger partial charge in [0.05, 0.1) is 0 Å². The molecule has 0 unspecified atom stereocenters. The van der Waals surface area contributed by atoms with Gasteiger partial charge < -0.3 is 0 Å². The van der Waals surface area contributed by atoms with Gasteiger partial charge in [-0.2, -0.15) is 0 Å². The molecule has 0 atom stereocenters. The van der Waals surface area contributed by atoms with E-state index >= 15 is 0 Å². The van der Waals surface area contributed by atoms with Gasteiger partial charge in [0.25, 0.3) is 0 Å². The molecule has 0 nitrogen and oxygen atoms in total. The predicted octanol–water partition coefficient (Wildman–Crippen LogP) is 1.99. The van der Waals surface area contributed by atoms with E-state index in [0.29, 0.717) is 0 Å². The third-order valence-corrected chi connectivity index (χ3v) is 2.21. The molecule has 1 radical (unpaired) electrons. The normalized spacial score (nSPS) is 8.33. The van der Waals surface area contributed by atoms with Gasteiger partial charge in [0, 0.05) is 4.24 Å². The lowest BCUT2D eigenvalue weighted by atomic mass is 11.3. The maximum Gasteiger partial charge on any atom is 0.0396 e. The Hall–Kier alpha value is 0.440. The van der Waals surface area contributed by atoms with Gasteiger partial charge in [-0.15, -0.1) is 23.5 Å². The molecule has 0 saturated heterocycles. The van der Waals surface area contributed by atoms with Gasteiger partial charge in [0.1, 0.15) is 0 Å². The smallest absolute Gasteiger partial charge is 0.0396 e. The molecule has 0 aliphatic rings. The fourth-order valence-electron chi connectivity index (χ4n) is 0.0833. The molecule has 0 fully saturated rings. The molecule has 6 heavy (non-hydrogen) atoms. The first-order valence-electron chi connectivity index (χ1n) is 1.51. The van der Waals surface area contributed by atoms with Gasteiger partial charge in [0.2, 0.25) is 0 Å². The Labute approximate surface area is 47.4 Å². The summed E-state index contributed by atoms with van der Waals surface area (Å²) in [7, 11) is 0. The van der Waals surface area contributed by atoms with Crippen LogP contribution in [0.4, 0.5) is 0 Å². The van der Waals surface area contributed by atoms with Crippen LogP contribution < -0.4 is 0 Å². The van der Waals surface area contributed by atoms with E-state index in [1.807, 2.05) is 12.5 Å². The summed E-state index contributed by atoms with van der Waals surface area (Å²) in [5, 5.41) is 0. The second-order valence-electron chi connectivity index (χ2n) is 0.727. The zero-order valence-corrected chi connectivity index (χ0v) is 5.53. The molecular formula is C4H7S2. The molecule has 0 spiro atoms. The van der Waals surface area contributed by atoms with Crippen molar-refractivity contribution in [2.75, 3.05) is 12.5 Å². The van der Waals surface area contributed by atoms with Crippen molar-refractivity contribution in [2.45, 2.75) is 0 Å². The summed E-state index contributed by atoms with van der Waals surface area (Å²) in [5.74, 6) is 0. The highest BCUT2D eigenvalue weighted by molar-refractivity contribution is 8.21. The molecule has 0 amide bonds. The van der Waals surface area contributed by atoms with E-state index in [0.717, 1.165) is 4.24 Å². The van der Waals surface area contributed by atoms with Crippen LogP contribution in [0.5, 0.6) is 0 Å². The lowest BCUT2D eigenvalue weighted by molar-refractivity contribution is 2.31. The second kappa shape index (κ2) is 3.62. The highest BCUT2D eigenvalue weighted by Crippen LogP contribution is 2.19. The molecule has 2 heteroatoms. The van der Waals surface area contributed by atoms with Crippen LogP contribution in [-0.4, -0.2) is 12.5 Å². The molecule has 0 heterocycles. The average Bonchev–Trinajstić information content (AvgIpc) is 1.65. The Morgan fingerprint density at radius 1 is 1.33 bits per heavy atom. The maximum atomic E-state index is 5.31. The van der Waals surface area contributed by atoms with Gasteiger partial charge in [-0.1, -0.05) is 0 Å². The summed E-state index contributed by atoms with van der Waals surface area (Å²) in [6.07, 6.45) is 3.93. The number of rotatable bonds is 2. The van der Waals surface area contributed by atoms with Crippen LogP contribution in [0.15, 0.2) is 4.24 Å². The van der Waals surface area contributed by atoms with E-state index in [1.54, 1.807) is 23.5 Å². The minimum atomic E-state index is 0.926. The van der Waals surface area contributed by atoms with E-state index in [2.05, 4.69) is 0 Å². The van der Waals surface area contributed by atoms with E-state index < -0.39 is 0 Å². The molecule has 0 rings (SSSR count). The molecule has 35 valence electrons. The SMILES string of the molecule is [CH]=C(SC)SC. The van der Waals surface area contributed by atoms with Crippen molar-refractivity contribution in [1.82, 2.24) is 0 Å². The first kappa shape index (κ1) is 6.44. The minimum Gasteiger partial charge on any atom is -0.123 e. The van der Waals surface area contributed by atoms with E-state index in [9.17, 15) is 0 Å². The molecule has 0 aliphatic carbocycles. The summed E-state index contributed by atoms with van der Waals surface area (Å²) < 4.78 is 0.926. The van der Waals surface area contributed by atoms with Gasteiger partial charge in [0.15, 0.2) is 0 Å². The van der Waals surface area contributed by atoms with Crippen molar-refractivity contribution >= 4 is 23.5 Å². The largest absolute Gasteiger partial charge is 0.123 e. The molecule has 0 aromatic carbocycles. The van der Waals surface area contributed by atoms with Crippen molar-refractivity contribution in [3.63, 3.8) is 0 Å². The highest BCUT2D eigenvalue weighted by Gasteiger charge is 1.79. The Morgan fingerprint density at radius 3 is 1.67 bits per heavy atom. The van der Waals surface area contributed by atoms with Gasteiger partial charge >= 0.3 is 0 Å². The summed E-state index contributed by atoms with van der Waals surface area (Å²) >= 11 is 3.16. The van der Waals surface area contributed by atoms with Crippen LogP contribution in [0.2, 0.25) is 0 Å². The third-order valence-electron chi connectivity index (χ3n) is 0.402. The lowest BCUT2D eigenvalue weighted by Gasteiger charge is -1.88. The van der Waals surface area contributed by atoms with Crippen molar-refractivity contribution in [3.05, 3.63) is 10.8 Å². The summed E-state index contributed by atoms with van der Waals surface area (Å²) in [6, 6.07) is 0. The van der Waals surface area contributed by atoms with Crippen LogP contribution in [0.1, 0.15) is 0 Å². The topological polar surface area (TPSA) is 0 Å². The third kappa shape index (κ3) is 2.67. The zero-order valence-electron chi connectivity index (χ0n) is 3.89. The molecule has 0 bridgehead atoms. The standard InChI is InChI=1S/C4H7S2/c1-4(5-2)6-3/h1H,2-3H3. The predicted molar refractivity (Wildman–Crippen MR) is 34.8 cm³/mol. The van der Waals surface area contributed by atoms with E-state index in [4.69, 9.17) is 6.58 Å². The number of hydrogen-bond donors (Lipinski definition) is 0. The maximum absolute atomic E-state index is 5.31. The summed E-state index contributed by atoms with van der Waals surface area (Å²) in [6.45, 7) is 5.31. The van der Waals surface area contributed by atoms with Crippen LogP contribution in [-0.2, 0) is 0 Å². The molecule has 0 aliphatic heterocycles. The molecule has 0 aromatic heterocycles. The summed E-state index contributed by atoms with van der Waals surface area (Å²) in [4.78, 5) is 0. The van der Waals surface area contributed by atoms with Crippen LogP contribution in [0.3, 0.4) is 0 Å². The minimum absolute atomic E-state index is 0.926. The van der Waals surface area contributed by atoms with Crippen molar-refractivity contribution in [3.8, 4) is 0 Å². The second-order valence-corrected chi connectivity index (χ2v) is 2.68. The van der Waals surface area contributed by atoms with Crippen molar-refractivity contribution in [1.29, 1.82) is 0 Å². The zero-order chi connectivity index (χ0) is 4.99. The van der Waals surface area contributed by atoms with E-state index in [-0.39, 0.29) is 0 Å². The van der Waals surface area contributed by atoms with Crippen molar-refractivity contribution in [2.24, 2.45) is 0 Å². The van der Waals surface area contributed by atoms with Crippen LogP contribution >= 0.6 is 23.5 Å². The Bertz CT molecular complexity index is 43.5. The molecule has 0 saturated carbocycles. The van der Waals surface area contributed by atoms with Crippen LogP contribution in [0.25, 0.3) is 0 Å². The first-order chi connectivity index (χ1) is 2.81. The number of thioether (sulfide) groups is 2. The Balaban J connectivity index is 2.99. The van der Waals surface area contributed by atoms with Crippen molar-refractivity contribution < 1.29 is 0 Å². The monoisotopic (exact) mass is 119 g/mol. The summed E-state index contributed by atoms with van der Waals surface area (Å²) in [5.41, 5.74) is 0. The van der Waals surface area contributed by atoms with Gasteiger partial charge in [-0.05, 0) is 19.1 Å². The molecule has 0 aromatic rings.